The van der Waals surface area contributed by atoms with Crippen molar-refractivity contribution in [1.29, 1.82) is 0 Å². The van der Waals surface area contributed by atoms with Gasteiger partial charge in [0.15, 0.2) is 0 Å². The van der Waals surface area contributed by atoms with Crippen LogP contribution in [0.15, 0.2) is 4.99 Å². The predicted octanol–water partition coefficient (Wildman–Crippen LogP) is 1.08. The van der Waals surface area contributed by atoms with E-state index in [4.69, 9.17) is 5.11 Å². The molecular formula is C7H10N2O4. The number of imide groups is 1. The summed E-state index contributed by atoms with van der Waals surface area (Å²) in [5.41, 5.74) is 0. The van der Waals surface area contributed by atoms with E-state index in [0.717, 1.165) is 6.08 Å². The topological polar surface area (TPSA) is 87.0 Å². The number of aliphatic imine (C=N–C) groups is 1. The zero-order chi connectivity index (χ0) is 10.4. The Labute approximate surface area is 74.9 Å². The summed E-state index contributed by atoms with van der Waals surface area (Å²) in [7, 11) is 0. The fourth-order valence-corrected chi connectivity index (χ4v) is 0.703. The number of amides is 3. The molecule has 0 radical (unpaired) electrons. The van der Waals surface area contributed by atoms with E-state index >= 15 is 0 Å². The number of carbonyl (C=O) groups excluding carboxylic acids is 2. The SMILES string of the molecule is CC(C)CN(C(=O)O)C(=O)N=C=O. The van der Waals surface area contributed by atoms with Crippen LogP contribution in [0.5, 0.6) is 0 Å². The minimum absolute atomic E-state index is 0.0121. The number of nitrogens with zero attached hydrogens (tertiary/aromatic N) is 2. The Morgan fingerprint density at radius 1 is 1.54 bits per heavy atom. The Bertz CT molecular complexity index is 255. The largest absolute Gasteiger partial charge is 0.465 e. The summed E-state index contributed by atoms with van der Waals surface area (Å²) < 4.78 is 0. The molecule has 0 atom stereocenters. The monoisotopic (exact) mass is 186 g/mol. The number of urea groups is 1. The van der Waals surface area contributed by atoms with Crippen LogP contribution in [0.25, 0.3) is 0 Å². The van der Waals surface area contributed by atoms with Crippen molar-refractivity contribution in [1.82, 2.24) is 4.90 Å². The van der Waals surface area contributed by atoms with E-state index in [0.29, 0.717) is 4.90 Å². The molecule has 3 amide bonds. The van der Waals surface area contributed by atoms with Crippen LogP contribution in [0.1, 0.15) is 13.8 Å². The molecule has 72 valence electrons. The summed E-state index contributed by atoms with van der Waals surface area (Å²) >= 11 is 0. The van der Waals surface area contributed by atoms with Gasteiger partial charge in [0, 0.05) is 6.54 Å². The fraction of sp³-hybridized carbons (Fsp3) is 0.571. The highest BCUT2D eigenvalue weighted by Crippen LogP contribution is 2.01. The molecule has 0 bridgehead atoms. The van der Waals surface area contributed by atoms with Crippen LogP contribution in [-0.4, -0.2) is 34.8 Å². The molecule has 0 aromatic rings. The molecular weight excluding hydrogens is 176 g/mol. The summed E-state index contributed by atoms with van der Waals surface area (Å²) in [5, 5.41) is 8.53. The minimum atomic E-state index is -1.42. The molecule has 13 heavy (non-hydrogen) atoms. The molecule has 0 heterocycles. The van der Waals surface area contributed by atoms with Gasteiger partial charge in [-0.15, -0.1) is 4.99 Å². The first kappa shape index (κ1) is 11.3. The molecule has 0 saturated carbocycles. The molecule has 0 saturated heterocycles. The fourth-order valence-electron chi connectivity index (χ4n) is 0.703. The van der Waals surface area contributed by atoms with Crippen LogP contribution < -0.4 is 0 Å². The molecule has 6 nitrogen and oxygen atoms in total. The van der Waals surface area contributed by atoms with E-state index in [9.17, 15) is 14.4 Å². The molecule has 1 N–H and O–H groups in total. The number of rotatable bonds is 2. The van der Waals surface area contributed by atoms with E-state index in [-0.39, 0.29) is 12.5 Å². The first-order valence-corrected chi connectivity index (χ1v) is 3.61. The highest BCUT2D eigenvalue weighted by molar-refractivity contribution is 5.92. The van der Waals surface area contributed by atoms with Gasteiger partial charge in [0.2, 0.25) is 6.08 Å². The lowest BCUT2D eigenvalue weighted by Gasteiger charge is -2.15. The van der Waals surface area contributed by atoms with Crippen molar-refractivity contribution >= 4 is 18.2 Å². The average Bonchev–Trinajstić information content (AvgIpc) is 1.99. The van der Waals surface area contributed by atoms with E-state index in [1.54, 1.807) is 13.8 Å². The molecule has 0 aliphatic heterocycles. The lowest BCUT2D eigenvalue weighted by molar-refractivity contribution is 0.147. The van der Waals surface area contributed by atoms with Crippen molar-refractivity contribution in [3.63, 3.8) is 0 Å². The first-order chi connectivity index (χ1) is 5.99. The number of hydrogen-bond donors (Lipinski definition) is 1. The normalized spacial score (nSPS) is 9.15. The van der Waals surface area contributed by atoms with Crippen LogP contribution in [-0.2, 0) is 4.79 Å². The van der Waals surface area contributed by atoms with Gasteiger partial charge in [0.05, 0.1) is 0 Å². The van der Waals surface area contributed by atoms with Crippen molar-refractivity contribution in [3.05, 3.63) is 0 Å². The van der Waals surface area contributed by atoms with Gasteiger partial charge in [-0.1, -0.05) is 13.8 Å². The van der Waals surface area contributed by atoms with Gasteiger partial charge in [0.25, 0.3) is 0 Å². The summed E-state index contributed by atoms with van der Waals surface area (Å²) in [4.78, 5) is 34.2. The summed E-state index contributed by atoms with van der Waals surface area (Å²) in [6.45, 7) is 3.50. The van der Waals surface area contributed by atoms with E-state index < -0.39 is 12.1 Å². The second-order valence-electron chi connectivity index (χ2n) is 2.77. The first-order valence-electron chi connectivity index (χ1n) is 3.61. The Hall–Kier alpha value is -1.68. The molecule has 0 aliphatic rings. The van der Waals surface area contributed by atoms with Crippen LogP contribution in [0.2, 0.25) is 0 Å². The zero-order valence-corrected chi connectivity index (χ0v) is 7.35. The third-order valence-corrected chi connectivity index (χ3v) is 1.15. The molecule has 6 heteroatoms. The van der Waals surface area contributed by atoms with Gasteiger partial charge >= 0.3 is 12.1 Å². The zero-order valence-electron chi connectivity index (χ0n) is 7.35. The average molecular weight is 186 g/mol. The van der Waals surface area contributed by atoms with Gasteiger partial charge in [-0.05, 0) is 5.92 Å². The van der Waals surface area contributed by atoms with Crippen molar-refractivity contribution in [3.8, 4) is 0 Å². The number of isocyanates is 1. The van der Waals surface area contributed by atoms with Gasteiger partial charge in [-0.3, -0.25) is 0 Å². The molecule has 0 aromatic carbocycles. The lowest BCUT2D eigenvalue weighted by Crippen LogP contribution is -2.36. The molecule has 0 unspecified atom stereocenters. The van der Waals surface area contributed by atoms with Crippen LogP contribution in [0, 0.1) is 5.92 Å². The molecule has 0 fully saturated rings. The highest BCUT2D eigenvalue weighted by Gasteiger charge is 2.20. The van der Waals surface area contributed by atoms with Crippen molar-refractivity contribution < 1.29 is 19.5 Å². The van der Waals surface area contributed by atoms with Crippen LogP contribution in [0.4, 0.5) is 9.59 Å². The molecule has 0 aliphatic carbocycles. The quantitative estimate of drug-likeness (QED) is 0.516. The Morgan fingerprint density at radius 3 is 2.38 bits per heavy atom. The van der Waals surface area contributed by atoms with Gasteiger partial charge < -0.3 is 5.11 Å². The summed E-state index contributed by atoms with van der Waals surface area (Å²) in [6.07, 6.45) is -0.422. The Morgan fingerprint density at radius 2 is 2.08 bits per heavy atom. The van der Waals surface area contributed by atoms with Crippen molar-refractivity contribution in [2.75, 3.05) is 6.54 Å². The number of hydrogen-bond acceptors (Lipinski definition) is 3. The third-order valence-electron chi connectivity index (χ3n) is 1.15. The maximum atomic E-state index is 10.8. The van der Waals surface area contributed by atoms with Crippen molar-refractivity contribution in [2.45, 2.75) is 13.8 Å². The van der Waals surface area contributed by atoms with E-state index in [2.05, 4.69) is 4.99 Å². The molecule has 0 spiro atoms. The predicted molar refractivity (Wildman–Crippen MR) is 43.1 cm³/mol. The maximum absolute atomic E-state index is 10.8. The van der Waals surface area contributed by atoms with Gasteiger partial charge in [-0.2, -0.15) is 0 Å². The van der Waals surface area contributed by atoms with Gasteiger partial charge in [-0.25, -0.2) is 19.3 Å². The summed E-state index contributed by atoms with van der Waals surface area (Å²) in [6, 6.07) is -1.10. The number of carbonyl (C=O) groups is 2. The Kier molecular flexibility index (Phi) is 4.40. The summed E-state index contributed by atoms with van der Waals surface area (Å²) in [5.74, 6) is -0.0121. The van der Waals surface area contributed by atoms with Crippen molar-refractivity contribution in [2.24, 2.45) is 10.9 Å². The molecule has 0 aromatic heterocycles. The standard InChI is InChI=1S/C7H10N2O4/c1-5(2)3-9(7(12)13)6(11)8-4-10/h5H,3H2,1-2H3,(H,12,13). The smallest absolute Gasteiger partial charge is 0.415 e. The van der Waals surface area contributed by atoms with E-state index in [1.807, 2.05) is 0 Å². The second-order valence-corrected chi connectivity index (χ2v) is 2.77. The number of carboxylic acid groups (broad SMARTS) is 1. The Balaban J connectivity index is 4.51. The second kappa shape index (κ2) is 5.05. The van der Waals surface area contributed by atoms with Gasteiger partial charge in [0.1, 0.15) is 0 Å². The lowest BCUT2D eigenvalue weighted by atomic mass is 10.2. The van der Waals surface area contributed by atoms with Crippen LogP contribution >= 0.6 is 0 Å². The van der Waals surface area contributed by atoms with Crippen LogP contribution in [0.3, 0.4) is 0 Å². The molecule has 0 rings (SSSR count). The maximum Gasteiger partial charge on any atom is 0.415 e. The third kappa shape index (κ3) is 4.03. The highest BCUT2D eigenvalue weighted by atomic mass is 16.4. The minimum Gasteiger partial charge on any atom is -0.465 e. The van der Waals surface area contributed by atoms with E-state index in [1.165, 1.54) is 0 Å².